The highest BCUT2D eigenvalue weighted by Gasteiger charge is 2.66. The molecule has 7 heteroatoms. The van der Waals surface area contributed by atoms with Crippen LogP contribution in [0, 0.1) is 5.41 Å². The summed E-state index contributed by atoms with van der Waals surface area (Å²) in [7, 11) is 0. The molecule has 0 atom stereocenters. The van der Waals surface area contributed by atoms with Crippen molar-refractivity contribution in [3.8, 4) is 0 Å². The van der Waals surface area contributed by atoms with Gasteiger partial charge in [0.2, 0.25) is 0 Å². The third-order valence-electron chi connectivity index (χ3n) is 2.56. The number of alkyl halides is 7. The highest BCUT2D eigenvalue weighted by atomic mass is 79.9. The zero-order valence-electron chi connectivity index (χ0n) is 8.68. The van der Waals surface area contributed by atoms with E-state index in [-0.39, 0.29) is 13.3 Å². The molecule has 0 nitrogen and oxygen atoms in total. The molecule has 0 unspecified atom stereocenters. The van der Waals surface area contributed by atoms with E-state index >= 15 is 0 Å². The Kier molecular flexibility index (Phi) is 5.62. The molecule has 0 aromatic heterocycles. The summed E-state index contributed by atoms with van der Waals surface area (Å²) in [5.41, 5.74) is -3.59. The zero-order chi connectivity index (χ0) is 13.0. The smallest absolute Gasteiger partial charge is 0.170 e. The molecule has 0 aliphatic heterocycles. The van der Waals surface area contributed by atoms with Gasteiger partial charge < -0.3 is 0 Å². The molecule has 0 N–H and O–H groups in total. The van der Waals surface area contributed by atoms with Crippen LogP contribution < -0.4 is 0 Å². The fraction of sp³-hybridized carbons (Fsp3) is 1.00. The van der Waals surface area contributed by atoms with Gasteiger partial charge in [-0.2, -0.15) is 26.3 Å². The first-order valence-corrected chi connectivity index (χ1v) is 5.88. The van der Waals surface area contributed by atoms with Crippen LogP contribution >= 0.6 is 15.9 Å². The van der Waals surface area contributed by atoms with Gasteiger partial charge >= 0.3 is 12.4 Å². The average Bonchev–Trinajstić information content (AvgIpc) is 2.08. The molecule has 0 heterocycles. The standard InChI is InChI=1S/C9H13BrF6/c1-7(8(11,12)13,9(14,15)16)5-3-2-4-6-10/h2-6H2,1H3. The molecule has 0 amide bonds. The van der Waals surface area contributed by atoms with E-state index in [1.807, 2.05) is 0 Å². The van der Waals surface area contributed by atoms with E-state index in [0.717, 1.165) is 0 Å². The molecule has 0 aliphatic rings. The Morgan fingerprint density at radius 1 is 0.812 bits per heavy atom. The zero-order valence-corrected chi connectivity index (χ0v) is 10.3. The van der Waals surface area contributed by atoms with E-state index in [1.165, 1.54) is 0 Å². The fourth-order valence-electron chi connectivity index (χ4n) is 1.19. The first-order chi connectivity index (χ1) is 7.06. The molecule has 0 radical (unpaired) electrons. The van der Waals surface area contributed by atoms with Crippen LogP contribution in [0.1, 0.15) is 32.6 Å². The van der Waals surface area contributed by atoms with E-state index in [0.29, 0.717) is 18.2 Å². The third kappa shape index (κ3) is 3.82. The number of halogens is 7. The Balaban J connectivity index is 4.59. The van der Waals surface area contributed by atoms with Crippen molar-refractivity contribution in [2.24, 2.45) is 5.41 Å². The highest BCUT2D eigenvalue weighted by molar-refractivity contribution is 9.09. The fourth-order valence-corrected chi connectivity index (χ4v) is 1.59. The van der Waals surface area contributed by atoms with Crippen LogP contribution in [-0.2, 0) is 0 Å². The monoisotopic (exact) mass is 314 g/mol. The van der Waals surface area contributed by atoms with Crippen LogP contribution in [0.25, 0.3) is 0 Å². The summed E-state index contributed by atoms with van der Waals surface area (Å²) in [6.07, 6.45) is -10.6. The minimum atomic E-state index is -5.25. The molecule has 0 aliphatic carbocycles. The Morgan fingerprint density at radius 2 is 1.25 bits per heavy atom. The van der Waals surface area contributed by atoms with Crippen LogP contribution in [0.2, 0.25) is 0 Å². The van der Waals surface area contributed by atoms with E-state index < -0.39 is 24.2 Å². The molecule has 0 spiro atoms. The Bertz CT molecular complexity index is 193. The summed E-state index contributed by atoms with van der Waals surface area (Å²) >= 11 is 3.06. The lowest BCUT2D eigenvalue weighted by Crippen LogP contribution is -2.47. The SMILES string of the molecule is CC(CCCCCBr)(C(F)(F)F)C(F)(F)F. The summed E-state index contributed by atoms with van der Waals surface area (Å²) in [6, 6.07) is 0. The molecular formula is C9H13BrF6. The molecule has 0 fully saturated rings. The first kappa shape index (κ1) is 16.1. The number of unbranched alkanes of at least 4 members (excludes halogenated alkanes) is 2. The van der Waals surface area contributed by atoms with Crippen molar-refractivity contribution in [1.29, 1.82) is 0 Å². The van der Waals surface area contributed by atoms with Gasteiger partial charge in [0.15, 0.2) is 5.41 Å². The van der Waals surface area contributed by atoms with Crippen molar-refractivity contribution in [3.05, 3.63) is 0 Å². The van der Waals surface area contributed by atoms with Crippen molar-refractivity contribution in [2.75, 3.05) is 5.33 Å². The Labute approximate surface area is 98.5 Å². The minimum Gasteiger partial charge on any atom is -0.170 e. The summed E-state index contributed by atoms with van der Waals surface area (Å²) in [5.74, 6) is 0. The number of hydrogen-bond donors (Lipinski definition) is 0. The second-order valence-corrected chi connectivity index (χ2v) is 4.62. The predicted octanol–water partition coefficient (Wildman–Crippen LogP) is 5.07. The number of rotatable bonds is 5. The van der Waals surface area contributed by atoms with Crippen molar-refractivity contribution in [1.82, 2.24) is 0 Å². The van der Waals surface area contributed by atoms with E-state index in [1.54, 1.807) is 0 Å². The molecular weight excluding hydrogens is 302 g/mol. The molecule has 0 aromatic carbocycles. The highest BCUT2D eigenvalue weighted by Crippen LogP contribution is 2.52. The third-order valence-corrected chi connectivity index (χ3v) is 3.12. The summed E-state index contributed by atoms with van der Waals surface area (Å²) in [5, 5.41) is 0.585. The van der Waals surface area contributed by atoms with Crippen molar-refractivity contribution < 1.29 is 26.3 Å². The lowest BCUT2D eigenvalue weighted by Gasteiger charge is -2.33. The van der Waals surface area contributed by atoms with Gasteiger partial charge in [-0.05, 0) is 19.8 Å². The van der Waals surface area contributed by atoms with Gasteiger partial charge in [0, 0.05) is 5.33 Å². The van der Waals surface area contributed by atoms with Gasteiger partial charge in [0.25, 0.3) is 0 Å². The second-order valence-electron chi connectivity index (χ2n) is 3.83. The predicted molar refractivity (Wildman–Crippen MR) is 52.5 cm³/mol. The quantitative estimate of drug-likeness (QED) is 0.377. The summed E-state index contributed by atoms with van der Waals surface area (Å²) < 4.78 is 74.3. The van der Waals surface area contributed by atoms with Gasteiger partial charge in [0.05, 0.1) is 0 Å². The Morgan fingerprint density at radius 3 is 1.56 bits per heavy atom. The van der Waals surface area contributed by atoms with E-state index in [9.17, 15) is 26.3 Å². The van der Waals surface area contributed by atoms with Crippen molar-refractivity contribution in [2.45, 2.75) is 45.0 Å². The average molecular weight is 315 g/mol. The molecule has 0 saturated carbocycles. The topological polar surface area (TPSA) is 0 Å². The maximum Gasteiger partial charge on any atom is 0.402 e. The molecule has 0 rings (SSSR count). The molecule has 0 aromatic rings. The van der Waals surface area contributed by atoms with Crippen LogP contribution in [-0.4, -0.2) is 17.7 Å². The Hall–Kier alpha value is 0.0600. The van der Waals surface area contributed by atoms with Crippen LogP contribution in [0.4, 0.5) is 26.3 Å². The first-order valence-electron chi connectivity index (χ1n) is 4.75. The molecule has 0 bridgehead atoms. The van der Waals surface area contributed by atoms with E-state index in [4.69, 9.17) is 0 Å². The lowest BCUT2D eigenvalue weighted by molar-refractivity contribution is -0.336. The van der Waals surface area contributed by atoms with E-state index in [2.05, 4.69) is 15.9 Å². The number of hydrogen-bond acceptors (Lipinski definition) is 0. The van der Waals surface area contributed by atoms with Crippen molar-refractivity contribution in [3.63, 3.8) is 0 Å². The van der Waals surface area contributed by atoms with Crippen molar-refractivity contribution >= 4 is 15.9 Å². The normalized spacial score (nSPS) is 14.2. The van der Waals surface area contributed by atoms with Gasteiger partial charge in [-0.1, -0.05) is 28.8 Å². The minimum absolute atomic E-state index is 0.0822. The van der Waals surface area contributed by atoms with Gasteiger partial charge in [-0.25, -0.2) is 0 Å². The van der Waals surface area contributed by atoms with Crippen LogP contribution in [0.3, 0.4) is 0 Å². The summed E-state index contributed by atoms with van der Waals surface area (Å²) in [6.45, 7) is 0.223. The molecule has 0 saturated heterocycles. The lowest BCUT2D eigenvalue weighted by atomic mass is 9.83. The van der Waals surface area contributed by atoms with Crippen LogP contribution in [0.15, 0.2) is 0 Å². The molecule has 16 heavy (non-hydrogen) atoms. The summed E-state index contributed by atoms with van der Waals surface area (Å²) in [4.78, 5) is 0. The van der Waals surface area contributed by atoms with Crippen LogP contribution in [0.5, 0.6) is 0 Å². The van der Waals surface area contributed by atoms with Gasteiger partial charge in [0.1, 0.15) is 0 Å². The maximum atomic E-state index is 12.4. The van der Waals surface area contributed by atoms with Gasteiger partial charge in [-0.3, -0.25) is 0 Å². The largest absolute Gasteiger partial charge is 0.402 e. The molecule has 98 valence electrons. The second kappa shape index (κ2) is 5.60. The van der Waals surface area contributed by atoms with Gasteiger partial charge in [-0.15, -0.1) is 0 Å². The maximum absolute atomic E-state index is 12.4.